The Balaban J connectivity index is 3.31. The fourth-order valence-electron chi connectivity index (χ4n) is 3.08. The van der Waals surface area contributed by atoms with Gasteiger partial charge >= 0.3 is 6.09 Å². The van der Waals surface area contributed by atoms with E-state index in [0.717, 1.165) is 6.42 Å². The molecule has 0 spiro atoms. The van der Waals surface area contributed by atoms with E-state index in [2.05, 4.69) is 23.3 Å². The van der Waals surface area contributed by atoms with Gasteiger partial charge in [-0.3, -0.25) is 9.59 Å². The number of rotatable bonds is 9. The smallest absolute Gasteiger partial charge is 0.408 e. The molecule has 32 heavy (non-hydrogen) atoms. The number of hydrogen-bond donors (Lipinski definition) is 3. The Kier molecular flexibility index (Phi) is 10.5. The van der Waals surface area contributed by atoms with Gasteiger partial charge in [0.2, 0.25) is 11.8 Å². The molecule has 1 rings (SSSR count). The topological polar surface area (TPSA) is 87.7 Å². The maximum absolute atomic E-state index is 13.6. The van der Waals surface area contributed by atoms with Crippen molar-refractivity contribution in [3.8, 4) is 0 Å². The summed E-state index contributed by atoms with van der Waals surface area (Å²) in [5, 5.41) is 5.61. The molecule has 0 saturated carbocycles. The van der Waals surface area contributed by atoms with Gasteiger partial charge in [-0.2, -0.15) is 12.6 Å². The van der Waals surface area contributed by atoms with Gasteiger partial charge in [0.25, 0.3) is 0 Å². The zero-order chi connectivity index (χ0) is 24.5. The maximum atomic E-state index is 13.6. The highest BCUT2D eigenvalue weighted by Gasteiger charge is 2.36. The number of ether oxygens (including phenoxy) is 1. The third-order valence-corrected chi connectivity index (χ3v) is 4.75. The number of nitrogens with one attached hydrogen (secondary N) is 2. The second kappa shape index (κ2) is 12.1. The van der Waals surface area contributed by atoms with E-state index in [-0.39, 0.29) is 17.6 Å². The molecule has 8 heteroatoms. The van der Waals surface area contributed by atoms with Gasteiger partial charge in [0.05, 0.1) is 0 Å². The van der Waals surface area contributed by atoms with Crippen LogP contribution < -0.4 is 10.6 Å². The molecule has 0 radical (unpaired) electrons. The summed E-state index contributed by atoms with van der Waals surface area (Å²) in [6.45, 7) is 13.3. The van der Waals surface area contributed by atoms with Gasteiger partial charge in [-0.15, -0.1) is 0 Å². The van der Waals surface area contributed by atoms with Gasteiger partial charge < -0.3 is 20.3 Å². The van der Waals surface area contributed by atoms with Crippen LogP contribution in [0.4, 0.5) is 4.79 Å². The van der Waals surface area contributed by atoms with Gasteiger partial charge in [-0.25, -0.2) is 4.79 Å². The molecule has 2 unspecified atom stereocenters. The van der Waals surface area contributed by atoms with Crippen molar-refractivity contribution in [2.45, 2.75) is 84.5 Å². The van der Waals surface area contributed by atoms with E-state index in [1.165, 1.54) is 4.90 Å². The minimum Gasteiger partial charge on any atom is -0.444 e. The van der Waals surface area contributed by atoms with E-state index in [1.807, 2.05) is 58.0 Å². The SMILES string of the molecule is CCCCN(C(=O)C(CS)NC(=O)OC(C)(C)C)C(C(=O)NC(C)(C)C)c1ccccc1. The molecule has 2 N–H and O–H groups in total. The second-order valence-corrected chi connectivity index (χ2v) is 10.2. The third kappa shape index (κ3) is 9.51. The Hall–Kier alpha value is -2.22. The lowest BCUT2D eigenvalue weighted by molar-refractivity contribution is -0.142. The molecular weight excluding hydrogens is 426 g/mol. The largest absolute Gasteiger partial charge is 0.444 e. The van der Waals surface area contributed by atoms with E-state index in [0.29, 0.717) is 18.5 Å². The Bertz CT molecular complexity index is 757. The lowest BCUT2D eigenvalue weighted by Gasteiger charge is -2.35. The first-order valence-electron chi connectivity index (χ1n) is 11.1. The van der Waals surface area contributed by atoms with Crippen molar-refractivity contribution in [1.29, 1.82) is 0 Å². The van der Waals surface area contributed by atoms with Crippen molar-refractivity contribution in [2.75, 3.05) is 12.3 Å². The molecule has 1 aromatic rings. The molecule has 7 nitrogen and oxygen atoms in total. The fraction of sp³-hybridized carbons (Fsp3) is 0.625. The first kappa shape index (κ1) is 27.8. The van der Waals surface area contributed by atoms with E-state index in [1.54, 1.807) is 20.8 Å². The number of hydrogen-bond acceptors (Lipinski definition) is 5. The highest BCUT2D eigenvalue weighted by molar-refractivity contribution is 7.80. The molecule has 0 bridgehead atoms. The molecule has 1 aromatic carbocycles. The Morgan fingerprint density at radius 2 is 1.66 bits per heavy atom. The van der Waals surface area contributed by atoms with Gasteiger partial charge in [0.15, 0.2) is 0 Å². The predicted molar refractivity (Wildman–Crippen MR) is 131 cm³/mol. The number of nitrogens with zero attached hydrogens (tertiary/aromatic N) is 1. The van der Waals surface area contributed by atoms with Gasteiger partial charge in [-0.05, 0) is 53.5 Å². The fourth-order valence-corrected chi connectivity index (χ4v) is 3.32. The predicted octanol–water partition coefficient (Wildman–Crippen LogP) is 4.09. The highest BCUT2D eigenvalue weighted by atomic mass is 32.1. The minimum atomic E-state index is -0.932. The van der Waals surface area contributed by atoms with Crippen molar-refractivity contribution >= 4 is 30.5 Å². The Morgan fingerprint density at radius 3 is 2.12 bits per heavy atom. The molecule has 0 aliphatic rings. The average Bonchev–Trinajstić information content (AvgIpc) is 2.66. The van der Waals surface area contributed by atoms with Crippen molar-refractivity contribution in [2.24, 2.45) is 0 Å². The first-order chi connectivity index (χ1) is 14.8. The zero-order valence-corrected chi connectivity index (χ0v) is 21.3. The summed E-state index contributed by atoms with van der Waals surface area (Å²) < 4.78 is 5.31. The molecule has 2 atom stereocenters. The van der Waals surface area contributed by atoms with Crippen LogP contribution in [-0.4, -0.2) is 52.3 Å². The van der Waals surface area contributed by atoms with Crippen LogP contribution in [0, 0.1) is 0 Å². The molecular formula is C24H39N3O4S. The molecule has 0 heterocycles. The van der Waals surface area contributed by atoms with E-state index >= 15 is 0 Å². The van der Waals surface area contributed by atoms with Crippen LogP contribution in [0.15, 0.2) is 30.3 Å². The molecule has 0 aromatic heterocycles. The number of amides is 3. The standard InChI is InChI=1S/C24H39N3O4S/c1-8-9-15-27(21(29)18(16-32)25-22(30)31-24(5,6)7)19(17-13-11-10-12-14-17)20(28)26-23(2,3)4/h10-14,18-19,32H,8-9,15-16H2,1-7H3,(H,25,30)(H,26,28). The summed E-state index contributed by atoms with van der Waals surface area (Å²) in [4.78, 5) is 40.8. The lowest BCUT2D eigenvalue weighted by Crippen LogP contribution is -2.55. The number of alkyl carbamates (subject to hydrolysis) is 1. The van der Waals surface area contributed by atoms with E-state index in [9.17, 15) is 14.4 Å². The number of unbranched alkanes of at least 4 members (excludes halogenated alkanes) is 1. The maximum Gasteiger partial charge on any atom is 0.408 e. The summed E-state index contributed by atoms with van der Waals surface area (Å²) in [5.74, 6) is -0.580. The normalized spacial score (nSPS) is 13.6. The van der Waals surface area contributed by atoms with Crippen LogP contribution in [0.2, 0.25) is 0 Å². The Labute approximate surface area is 198 Å². The molecule has 0 fully saturated rings. The lowest BCUT2D eigenvalue weighted by atomic mass is 10.0. The number of carbonyl (C=O) groups excluding carboxylic acids is 3. The van der Waals surface area contributed by atoms with E-state index < -0.39 is 29.3 Å². The number of thiol groups is 1. The number of carbonyl (C=O) groups is 3. The van der Waals surface area contributed by atoms with Crippen LogP contribution in [0.1, 0.15) is 72.9 Å². The molecule has 0 saturated heterocycles. The van der Waals surface area contributed by atoms with Crippen molar-refractivity contribution in [1.82, 2.24) is 15.5 Å². The molecule has 0 aliphatic heterocycles. The van der Waals surface area contributed by atoms with Crippen LogP contribution in [0.5, 0.6) is 0 Å². The van der Waals surface area contributed by atoms with Crippen molar-refractivity contribution in [3.05, 3.63) is 35.9 Å². The van der Waals surface area contributed by atoms with Gasteiger partial charge in [0, 0.05) is 17.8 Å². The second-order valence-electron chi connectivity index (χ2n) is 9.82. The average molecular weight is 466 g/mol. The van der Waals surface area contributed by atoms with Gasteiger partial charge in [0.1, 0.15) is 17.7 Å². The molecule has 0 aliphatic carbocycles. The number of benzene rings is 1. The summed E-state index contributed by atoms with van der Waals surface area (Å²) in [6, 6.07) is 7.43. The van der Waals surface area contributed by atoms with Crippen LogP contribution in [0.25, 0.3) is 0 Å². The molecule has 180 valence electrons. The highest BCUT2D eigenvalue weighted by Crippen LogP contribution is 2.24. The summed E-state index contributed by atoms with van der Waals surface area (Å²) in [7, 11) is 0. The minimum absolute atomic E-state index is 0.0725. The van der Waals surface area contributed by atoms with Crippen molar-refractivity contribution < 1.29 is 19.1 Å². The third-order valence-electron chi connectivity index (χ3n) is 4.38. The van der Waals surface area contributed by atoms with Crippen LogP contribution in [-0.2, 0) is 14.3 Å². The summed E-state index contributed by atoms with van der Waals surface area (Å²) in [6.07, 6.45) is 0.858. The van der Waals surface area contributed by atoms with Gasteiger partial charge in [-0.1, -0.05) is 43.7 Å². The molecule has 3 amide bonds. The summed E-state index contributed by atoms with van der Waals surface area (Å²) in [5.41, 5.74) is -0.467. The van der Waals surface area contributed by atoms with Crippen molar-refractivity contribution in [3.63, 3.8) is 0 Å². The Morgan fingerprint density at radius 1 is 1.06 bits per heavy atom. The monoisotopic (exact) mass is 465 g/mol. The summed E-state index contributed by atoms with van der Waals surface area (Å²) >= 11 is 4.28. The quantitative estimate of drug-likeness (QED) is 0.479. The van der Waals surface area contributed by atoms with Crippen LogP contribution >= 0.6 is 12.6 Å². The van der Waals surface area contributed by atoms with Crippen LogP contribution in [0.3, 0.4) is 0 Å². The van der Waals surface area contributed by atoms with E-state index in [4.69, 9.17) is 4.74 Å². The zero-order valence-electron chi connectivity index (χ0n) is 20.4. The first-order valence-corrected chi connectivity index (χ1v) is 11.7.